The molecular weight excluding hydrogens is 324 g/mol. The van der Waals surface area contributed by atoms with E-state index < -0.39 is 5.60 Å². The molecule has 1 N–H and O–H groups in total. The van der Waals surface area contributed by atoms with E-state index in [1.54, 1.807) is 9.80 Å². The van der Waals surface area contributed by atoms with E-state index in [1.165, 1.54) is 0 Å². The van der Waals surface area contributed by atoms with Crippen LogP contribution in [0.3, 0.4) is 0 Å². The molecule has 2 amide bonds. The smallest absolute Gasteiger partial charge is 0.410 e. The molecular formula is C17H24N4O4. The Hall–Kier alpha value is -2.09. The zero-order valence-corrected chi connectivity index (χ0v) is 14.5. The van der Waals surface area contributed by atoms with E-state index in [1.807, 2.05) is 13.0 Å². The highest BCUT2D eigenvalue weighted by Crippen LogP contribution is 2.34. The molecule has 0 radical (unpaired) electrons. The molecule has 3 saturated heterocycles. The summed E-state index contributed by atoms with van der Waals surface area (Å²) in [5.74, 6) is 0.668. The normalized spacial score (nSPS) is 25.6. The molecule has 0 aliphatic carbocycles. The van der Waals surface area contributed by atoms with Gasteiger partial charge in [0.1, 0.15) is 12.1 Å². The maximum absolute atomic E-state index is 12.8. The summed E-state index contributed by atoms with van der Waals surface area (Å²) >= 11 is 0. The zero-order chi connectivity index (χ0) is 17.4. The molecule has 0 aromatic carbocycles. The summed E-state index contributed by atoms with van der Waals surface area (Å²) in [6, 6.07) is 1.80. The Kier molecular flexibility index (Phi) is 4.15. The summed E-state index contributed by atoms with van der Waals surface area (Å²) < 4.78 is 11.0. The summed E-state index contributed by atoms with van der Waals surface area (Å²) in [7, 11) is 0. The molecule has 1 aromatic rings. The van der Waals surface area contributed by atoms with Gasteiger partial charge in [0.15, 0.2) is 5.76 Å². The number of hydrogen-bond donors (Lipinski definition) is 1. The van der Waals surface area contributed by atoms with Gasteiger partial charge in [0, 0.05) is 25.5 Å². The second-order valence-electron chi connectivity index (χ2n) is 7.27. The van der Waals surface area contributed by atoms with Gasteiger partial charge < -0.3 is 19.5 Å². The fourth-order valence-electron chi connectivity index (χ4n) is 4.11. The molecule has 4 heterocycles. The highest BCUT2D eigenvalue weighted by Gasteiger charge is 2.46. The SMILES string of the molecule is Cc1cc([C@@H]2CCCN2C(=O)CN2CC3(CCNCC3)OC2=O)on1. The third-order valence-corrected chi connectivity index (χ3v) is 5.43. The minimum atomic E-state index is -0.422. The van der Waals surface area contributed by atoms with Crippen molar-refractivity contribution in [3.63, 3.8) is 0 Å². The molecule has 0 bridgehead atoms. The standard InChI is InChI=1S/C17H24N4O4/c1-12-9-14(25-19-12)13-3-2-8-21(13)15(22)10-20-11-17(24-16(20)23)4-6-18-7-5-17/h9,13,18H,2-8,10-11H2,1H3/t13-/m0/s1. The maximum Gasteiger partial charge on any atom is 0.410 e. The Morgan fingerprint density at radius 3 is 2.96 bits per heavy atom. The van der Waals surface area contributed by atoms with Gasteiger partial charge >= 0.3 is 6.09 Å². The number of nitrogens with one attached hydrogen (secondary N) is 1. The van der Waals surface area contributed by atoms with Crippen molar-refractivity contribution in [3.8, 4) is 0 Å². The van der Waals surface area contributed by atoms with Crippen LogP contribution in [0.2, 0.25) is 0 Å². The number of ether oxygens (including phenoxy) is 1. The molecule has 3 aliphatic rings. The molecule has 3 fully saturated rings. The van der Waals surface area contributed by atoms with E-state index in [0.717, 1.165) is 50.2 Å². The van der Waals surface area contributed by atoms with Gasteiger partial charge in [-0.25, -0.2) is 4.79 Å². The first-order valence-corrected chi connectivity index (χ1v) is 8.98. The van der Waals surface area contributed by atoms with Gasteiger partial charge in [-0.15, -0.1) is 0 Å². The highest BCUT2D eigenvalue weighted by molar-refractivity contribution is 5.83. The molecule has 8 nitrogen and oxygen atoms in total. The zero-order valence-electron chi connectivity index (χ0n) is 14.5. The van der Waals surface area contributed by atoms with E-state index in [4.69, 9.17) is 9.26 Å². The van der Waals surface area contributed by atoms with Crippen molar-refractivity contribution in [2.45, 2.75) is 44.2 Å². The average molecular weight is 348 g/mol. The summed E-state index contributed by atoms with van der Waals surface area (Å²) in [5.41, 5.74) is 0.389. The van der Waals surface area contributed by atoms with Crippen LogP contribution in [0.15, 0.2) is 10.6 Å². The Morgan fingerprint density at radius 2 is 2.24 bits per heavy atom. The molecule has 0 unspecified atom stereocenters. The monoisotopic (exact) mass is 348 g/mol. The van der Waals surface area contributed by atoms with E-state index in [0.29, 0.717) is 13.1 Å². The molecule has 136 valence electrons. The van der Waals surface area contributed by atoms with Crippen LogP contribution in [0.4, 0.5) is 4.79 Å². The second-order valence-corrected chi connectivity index (χ2v) is 7.27. The summed E-state index contributed by atoms with van der Waals surface area (Å²) in [5, 5.41) is 7.20. The fraction of sp³-hybridized carbons (Fsp3) is 0.706. The number of hydrogen-bond acceptors (Lipinski definition) is 6. The van der Waals surface area contributed by atoms with Gasteiger partial charge in [-0.3, -0.25) is 9.69 Å². The van der Waals surface area contributed by atoms with Crippen LogP contribution in [0.25, 0.3) is 0 Å². The number of aryl methyl sites for hydroxylation is 1. The lowest BCUT2D eigenvalue weighted by Crippen LogP contribution is -2.46. The van der Waals surface area contributed by atoms with Crippen LogP contribution < -0.4 is 5.32 Å². The number of likely N-dealkylation sites (tertiary alicyclic amines) is 1. The van der Waals surface area contributed by atoms with Crippen molar-refractivity contribution >= 4 is 12.0 Å². The van der Waals surface area contributed by atoms with Crippen molar-refractivity contribution in [1.29, 1.82) is 0 Å². The first kappa shape index (κ1) is 16.4. The van der Waals surface area contributed by atoms with E-state index >= 15 is 0 Å². The number of rotatable bonds is 3. The van der Waals surface area contributed by atoms with Crippen molar-refractivity contribution in [2.24, 2.45) is 0 Å². The predicted octanol–water partition coefficient (Wildman–Crippen LogP) is 1.22. The maximum atomic E-state index is 12.8. The molecule has 1 spiro atoms. The number of amides is 2. The summed E-state index contributed by atoms with van der Waals surface area (Å²) in [4.78, 5) is 28.4. The first-order valence-electron chi connectivity index (χ1n) is 8.98. The lowest BCUT2D eigenvalue weighted by molar-refractivity contribution is -0.133. The van der Waals surface area contributed by atoms with Gasteiger partial charge in [0.05, 0.1) is 18.3 Å². The number of nitrogens with zero attached hydrogens (tertiary/aromatic N) is 3. The summed E-state index contributed by atoms with van der Waals surface area (Å²) in [6.45, 7) is 4.80. The molecule has 3 aliphatic heterocycles. The number of aromatic nitrogens is 1. The van der Waals surface area contributed by atoms with Crippen LogP contribution in [-0.2, 0) is 9.53 Å². The fourth-order valence-corrected chi connectivity index (χ4v) is 4.11. The second kappa shape index (κ2) is 6.33. The van der Waals surface area contributed by atoms with Crippen molar-refractivity contribution < 1.29 is 18.8 Å². The van der Waals surface area contributed by atoms with Crippen LogP contribution in [-0.4, -0.2) is 65.3 Å². The molecule has 8 heteroatoms. The largest absolute Gasteiger partial charge is 0.441 e. The Bertz CT molecular complexity index is 667. The van der Waals surface area contributed by atoms with Gasteiger partial charge in [0.2, 0.25) is 5.91 Å². The van der Waals surface area contributed by atoms with Crippen LogP contribution in [0.5, 0.6) is 0 Å². The molecule has 0 saturated carbocycles. The van der Waals surface area contributed by atoms with Gasteiger partial charge in [-0.1, -0.05) is 5.16 Å². The Labute approximate surface area is 146 Å². The highest BCUT2D eigenvalue weighted by atomic mass is 16.6. The van der Waals surface area contributed by atoms with Crippen molar-refractivity contribution in [3.05, 3.63) is 17.5 Å². The topological polar surface area (TPSA) is 87.9 Å². The third kappa shape index (κ3) is 3.10. The minimum absolute atomic E-state index is 0.0560. The molecule has 1 aromatic heterocycles. The molecule has 4 rings (SSSR count). The lowest BCUT2D eigenvalue weighted by Gasteiger charge is -2.31. The Morgan fingerprint density at radius 1 is 1.44 bits per heavy atom. The number of carbonyl (C=O) groups is 2. The Balaban J connectivity index is 1.42. The van der Waals surface area contributed by atoms with Crippen molar-refractivity contribution in [1.82, 2.24) is 20.3 Å². The number of carbonyl (C=O) groups excluding carboxylic acids is 2. The molecule has 25 heavy (non-hydrogen) atoms. The van der Waals surface area contributed by atoms with E-state index in [9.17, 15) is 9.59 Å². The third-order valence-electron chi connectivity index (χ3n) is 5.43. The quantitative estimate of drug-likeness (QED) is 0.884. The van der Waals surface area contributed by atoms with Crippen LogP contribution >= 0.6 is 0 Å². The van der Waals surface area contributed by atoms with E-state index in [2.05, 4.69) is 10.5 Å². The van der Waals surface area contributed by atoms with Gasteiger partial charge in [0.25, 0.3) is 0 Å². The van der Waals surface area contributed by atoms with Crippen LogP contribution in [0.1, 0.15) is 43.2 Å². The van der Waals surface area contributed by atoms with Crippen molar-refractivity contribution in [2.75, 3.05) is 32.7 Å². The number of piperidine rings is 1. The van der Waals surface area contributed by atoms with E-state index in [-0.39, 0.29) is 24.6 Å². The predicted molar refractivity (Wildman–Crippen MR) is 87.8 cm³/mol. The average Bonchev–Trinajstić information content (AvgIpc) is 3.28. The molecule has 1 atom stereocenters. The lowest BCUT2D eigenvalue weighted by atomic mass is 9.92. The minimum Gasteiger partial charge on any atom is -0.441 e. The van der Waals surface area contributed by atoms with Crippen LogP contribution in [0, 0.1) is 6.92 Å². The van der Waals surface area contributed by atoms with Gasteiger partial charge in [-0.2, -0.15) is 0 Å². The first-order chi connectivity index (χ1) is 12.1. The van der Waals surface area contributed by atoms with Gasteiger partial charge in [-0.05, 0) is 32.9 Å². The summed E-state index contributed by atoms with van der Waals surface area (Å²) in [6.07, 6.45) is 3.01.